The lowest BCUT2D eigenvalue weighted by Crippen LogP contribution is -2.32. The van der Waals surface area contributed by atoms with Gasteiger partial charge in [0.15, 0.2) is 11.5 Å². The highest BCUT2D eigenvalue weighted by Crippen LogP contribution is 2.26. The number of benzene rings is 1. The minimum atomic E-state index is -0.240. The predicted octanol–water partition coefficient (Wildman–Crippen LogP) is 4.53. The average molecular weight is 437 g/mol. The maximum Gasteiger partial charge on any atom is 0.225 e. The lowest BCUT2D eigenvalue weighted by Gasteiger charge is -2.19. The molecule has 160 valence electrons. The lowest BCUT2D eigenvalue weighted by atomic mass is 10.0. The Morgan fingerprint density at radius 3 is 2.68 bits per heavy atom. The van der Waals surface area contributed by atoms with Crippen molar-refractivity contribution in [3.8, 4) is 11.3 Å². The largest absolute Gasteiger partial charge is 0.346 e. The number of amides is 1. The summed E-state index contributed by atoms with van der Waals surface area (Å²) in [6.07, 6.45) is 2.89. The summed E-state index contributed by atoms with van der Waals surface area (Å²) in [5.74, 6) is 1.03. The fourth-order valence-electron chi connectivity index (χ4n) is 3.72. The van der Waals surface area contributed by atoms with Crippen molar-refractivity contribution in [2.45, 2.75) is 39.7 Å². The smallest absolute Gasteiger partial charge is 0.225 e. The Hall–Kier alpha value is -3.19. The quantitative estimate of drug-likeness (QED) is 0.445. The fraction of sp³-hybridized carbons (Fsp3) is 0.304. The molecular weight excluding hydrogens is 412 g/mol. The van der Waals surface area contributed by atoms with Crippen LogP contribution in [-0.2, 0) is 11.2 Å². The van der Waals surface area contributed by atoms with Crippen LogP contribution in [0.1, 0.15) is 43.4 Å². The van der Waals surface area contributed by atoms with Gasteiger partial charge in [-0.2, -0.15) is 5.10 Å². The Morgan fingerprint density at radius 2 is 1.94 bits per heavy atom. The van der Waals surface area contributed by atoms with E-state index in [1.54, 1.807) is 0 Å². The van der Waals surface area contributed by atoms with Crippen molar-refractivity contribution in [1.29, 1.82) is 0 Å². The molecule has 31 heavy (non-hydrogen) atoms. The number of rotatable bonds is 7. The molecule has 1 amide bonds. The van der Waals surface area contributed by atoms with E-state index in [1.165, 1.54) is 0 Å². The van der Waals surface area contributed by atoms with E-state index in [9.17, 15) is 4.79 Å². The zero-order valence-corrected chi connectivity index (χ0v) is 18.5. The molecule has 2 N–H and O–H groups in total. The van der Waals surface area contributed by atoms with Gasteiger partial charge in [-0.3, -0.25) is 14.3 Å². The Labute approximate surface area is 185 Å². The number of carbonyl (C=O) groups excluding carboxylic acids is 1. The highest BCUT2D eigenvalue weighted by atomic mass is 35.5. The molecule has 0 unspecified atom stereocenters. The van der Waals surface area contributed by atoms with Crippen molar-refractivity contribution in [3.63, 3.8) is 0 Å². The van der Waals surface area contributed by atoms with Gasteiger partial charge >= 0.3 is 0 Å². The van der Waals surface area contributed by atoms with Crippen LogP contribution < -0.4 is 5.32 Å². The summed E-state index contributed by atoms with van der Waals surface area (Å²) in [5, 5.41) is 19.8. The Bertz CT molecular complexity index is 1190. The van der Waals surface area contributed by atoms with E-state index in [2.05, 4.69) is 39.6 Å². The van der Waals surface area contributed by atoms with Gasteiger partial charge in [-0.1, -0.05) is 43.6 Å². The summed E-state index contributed by atoms with van der Waals surface area (Å²) in [6, 6.07) is 13.0. The van der Waals surface area contributed by atoms with Crippen LogP contribution >= 0.6 is 11.6 Å². The second kappa shape index (κ2) is 8.89. The van der Waals surface area contributed by atoms with E-state index in [-0.39, 0.29) is 18.4 Å². The molecule has 0 radical (unpaired) electrons. The molecule has 4 aromatic rings. The number of hydrogen-bond donors (Lipinski definition) is 2. The molecule has 3 aromatic heterocycles. The molecule has 0 aliphatic carbocycles. The number of aromatic amines is 1. The van der Waals surface area contributed by atoms with Crippen molar-refractivity contribution >= 4 is 23.2 Å². The van der Waals surface area contributed by atoms with Gasteiger partial charge in [-0.05, 0) is 43.5 Å². The molecule has 0 aliphatic rings. The summed E-state index contributed by atoms with van der Waals surface area (Å²) >= 11 is 6.01. The summed E-state index contributed by atoms with van der Waals surface area (Å²) < 4.78 is 1.93. The maximum atomic E-state index is 13.1. The van der Waals surface area contributed by atoms with E-state index >= 15 is 0 Å². The van der Waals surface area contributed by atoms with Crippen LogP contribution in [0.25, 0.3) is 16.9 Å². The number of H-pyrrole nitrogens is 1. The lowest BCUT2D eigenvalue weighted by molar-refractivity contribution is -0.121. The van der Waals surface area contributed by atoms with E-state index < -0.39 is 0 Å². The van der Waals surface area contributed by atoms with Gasteiger partial charge in [0.2, 0.25) is 5.91 Å². The maximum absolute atomic E-state index is 13.1. The fourth-order valence-corrected chi connectivity index (χ4v) is 3.84. The first-order valence-corrected chi connectivity index (χ1v) is 10.7. The second-order valence-electron chi connectivity index (χ2n) is 8.10. The first-order chi connectivity index (χ1) is 14.9. The van der Waals surface area contributed by atoms with E-state index in [4.69, 9.17) is 11.6 Å². The van der Waals surface area contributed by atoms with Crippen molar-refractivity contribution < 1.29 is 4.79 Å². The second-order valence-corrected chi connectivity index (χ2v) is 8.53. The third-order valence-electron chi connectivity index (χ3n) is 5.22. The third-order valence-corrected chi connectivity index (χ3v) is 5.47. The number of hydrogen-bond acceptors (Lipinski definition) is 4. The number of nitrogens with one attached hydrogen (secondary N) is 2. The number of pyridine rings is 1. The molecule has 3 heterocycles. The van der Waals surface area contributed by atoms with E-state index in [0.717, 1.165) is 40.4 Å². The number of aryl methyl sites for hydroxylation is 1. The SMILES string of the molecule is Cc1[nH]nc(-c2ccc(Cl)cc2)c1CC(=O)N[C@H](CC(C)C)c1nnc2ccccn12. The minimum absolute atomic E-state index is 0.0851. The standard InChI is InChI=1S/C23H25ClN6O/c1-14(2)12-19(23-29-27-20-6-4-5-11-30(20)23)25-21(31)13-18-15(3)26-28-22(18)16-7-9-17(24)10-8-16/h4-11,14,19H,12-13H2,1-3H3,(H,25,31)(H,26,28)/t19-/m1/s1. The van der Waals surface area contributed by atoms with Crippen LogP contribution in [0.5, 0.6) is 0 Å². The van der Waals surface area contributed by atoms with Crippen molar-refractivity contribution in [2.24, 2.45) is 5.92 Å². The van der Waals surface area contributed by atoms with Crippen LogP contribution in [0.2, 0.25) is 5.02 Å². The molecule has 0 spiro atoms. The predicted molar refractivity (Wildman–Crippen MR) is 121 cm³/mol. The number of halogens is 1. The normalized spacial score (nSPS) is 12.4. The number of carbonyl (C=O) groups is 1. The van der Waals surface area contributed by atoms with Gasteiger partial charge in [-0.25, -0.2) is 0 Å². The van der Waals surface area contributed by atoms with Crippen LogP contribution in [-0.4, -0.2) is 30.7 Å². The number of fused-ring (bicyclic) bond motifs is 1. The summed E-state index contributed by atoms with van der Waals surface area (Å²) in [7, 11) is 0. The highest BCUT2D eigenvalue weighted by Gasteiger charge is 2.23. The number of nitrogens with zero attached hydrogens (tertiary/aromatic N) is 4. The zero-order chi connectivity index (χ0) is 22.0. The summed E-state index contributed by atoms with van der Waals surface area (Å²) in [5.41, 5.74) is 4.18. The molecule has 4 rings (SSSR count). The number of aromatic nitrogens is 5. The summed E-state index contributed by atoms with van der Waals surface area (Å²) in [6.45, 7) is 6.18. The van der Waals surface area contributed by atoms with Crippen molar-refractivity contribution in [2.75, 3.05) is 0 Å². The molecule has 0 saturated carbocycles. The van der Waals surface area contributed by atoms with Gasteiger partial charge in [-0.15, -0.1) is 10.2 Å². The van der Waals surface area contributed by atoms with Crippen molar-refractivity contribution in [3.05, 3.63) is 70.8 Å². The molecular formula is C23H25ClN6O. The van der Waals surface area contributed by atoms with E-state index in [0.29, 0.717) is 10.9 Å². The van der Waals surface area contributed by atoms with Crippen LogP contribution in [0, 0.1) is 12.8 Å². The molecule has 1 aromatic carbocycles. The van der Waals surface area contributed by atoms with Gasteiger partial charge in [0.05, 0.1) is 18.2 Å². The van der Waals surface area contributed by atoms with Crippen LogP contribution in [0.3, 0.4) is 0 Å². The van der Waals surface area contributed by atoms with Crippen molar-refractivity contribution in [1.82, 2.24) is 30.1 Å². The topological polar surface area (TPSA) is 88.0 Å². The molecule has 1 atom stereocenters. The molecule has 0 saturated heterocycles. The van der Waals surface area contributed by atoms with Crippen LogP contribution in [0.4, 0.5) is 0 Å². The monoisotopic (exact) mass is 436 g/mol. The van der Waals surface area contributed by atoms with E-state index in [1.807, 2.05) is 60.0 Å². The Morgan fingerprint density at radius 1 is 1.16 bits per heavy atom. The molecule has 0 bridgehead atoms. The molecule has 7 nitrogen and oxygen atoms in total. The van der Waals surface area contributed by atoms with Gasteiger partial charge in [0.25, 0.3) is 0 Å². The summed E-state index contributed by atoms with van der Waals surface area (Å²) in [4.78, 5) is 13.1. The molecule has 0 aliphatic heterocycles. The Balaban J connectivity index is 1.58. The van der Waals surface area contributed by atoms with Gasteiger partial charge in [0, 0.05) is 28.0 Å². The average Bonchev–Trinajstić information content (AvgIpc) is 3.32. The molecule has 0 fully saturated rings. The molecule has 8 heteroatoms. The van der Waals surface area contributed by atoms with Gasteiger partial charge in [0.1, 0.15) is 0 Å². The van der Waals surface area contributed by atoms with Gasteiger partial charge < -0.3 is 5.32 Å². The zero-order valence-electron chi connectivity index (χ0n) is 17.8. The Kier molecular flexibility index (Phi) is 6.04. The minimum Gasteiger partial charge on any atom is -0.346 e. The van der Waals surface area contributed by atoms with Crippen LogP contribution in [0.15, 0.2) is 48.7 Å². The third kappa shape index (κ3) is 4.61. The first-order valence-electron chi connectivity index (χ1n) is 10.3. The first kappa shape index (κ1) is 21.1. The highest BCUT2D eigenvalue weighted by molar-refractivity contribution is 6.30.